The second-order valence-corrected chi connectivity index (χ2v) is 9.97. The summed E-state index contributed by atoms with van der Waals surface area (Å²) in [5.74, 6) is 0.0134. The fourth-order valence-electron chi connectivity index (χ4n) is 6.38. The summed E-state index contributed by atoms with van der Waals surface area (Å²) in [4.78, 5) is 0. The molecule has 2 nitrogen and oxygen atoms in total. The third-order valence-electron chi connectivity index (χ3n) is 7.98. The lowest BCUT2D eigenvalue weighted by Gasteiger charge is -2.29. The topological polar surface area (TPSA) is 7.76 Å². The van der Waals surface area contributed by atoms with Crippen molar-refractivity contribution in [3.63, 3.8) is 0 Å². The van der Waals surface area contributed by atoms with E-state index in [1.54, 1.807) is 12.1 Å². The van der Waals surface area contributed by atoms with Gasteiger partial charge in [-0.2, -0.15) is 9.13 Å². The second kappa shape index (κ2) is 8.63. The summed E-state index contributed by atoms with van der Waals surface area (Å²) in [7, 11) is 0. The fraction of sp³-hybridized carbons (Fsp3) is 0.118. The third kappa shape index (κ3) is 3.46. The molecule has 3 heteroatoms. The van der Waals surface area contributed by atoms with Gasteiger partial charge in [-0.25, -0.2) is 4.39 Å². The van der Waals surface area contributed by atoms with Gasteiger partial charge in [-0.05, 0) is 72.5 Å². The molecule has 0 radical (unpaired) electrons. The van der Waals surface area contributed by atoms with Crippen molar-refractivity contribution in [3.05, 3.63) is 139 Å². The highest BCUT2D eigenvalue weighted by atomic mass is 19.1. The molecule has 0 amide bonds. The van der Waals surface area contributed by atoms with Crippen LogP contribution in [0.5, 0.6) is 0 Å². The van der Waals surface area contributed by atoms with Gasteiger partial charge < -0.3 is 0 Å². The van der Waals surface area contributed by atoms with Gasteiger partial charge in [-0.15, -0.1) is 0 Å². The van der Waals surface area contributed by atoms with Crippen molar-refractivity contribution in [1.29, 1.82) is 0 Å². The molecule has 178 valence electrons. The lowest BCUT2D eigenvalue weighted by Crippen LogP contribution is -2.53. The summed E-state index contributed by atoms with van der Waals surface area (Å²) in [5.41, 5.74) is 10.2. The number of allylic oxidation sites excluding steroid dienone is 1. The maximum absolute atomic E-state index is 14.6. The molecule has 0 saturated heterocycles. The Hall–Kier alpha value is -4.37. The van der Waals surface area contributed by atoms with Crippen LogP contribution < -0.4 is 9.13 Å². The van der Waals surface area contributed by atoms with E-state index in [0.29, 0.717) is 0 Å². The molecule has 4 heterocycles. The number of fused-ring (bicyclic) bond motifs is 9. The Kier molecular flexibility index (Phi) is 5.10. The van der Waals surface area contributed by atoms with Crippen LogP contribution in [0.2, 0.25) is 0 Å². The van der Waals surface area contributed by atoms with Crippen LogP contribution in [0.1, 0.15) is 29.5 Å². The predicted octanol–water partition coefficient (Wildman–Crippen LogP) is 7.16. The lowest BCUT2D eigenvalue weighted by molar-refractivity contribution is -0.727. The molecule has 37 heavy (non-hydrogen) atoms. The van der Waals surface area contributed by atoms with Gasteiger partial charge in [0, 0.05) is 23.8 Å². The van der Waals surface area contributed by atoms with Crippen molar-refractivity contribution < 1.29 is 13.5 Å². The average molecular weight is 483 g/mol. The first-order valence-electron chi connectivity index (χ1n) is 12.9. The predicted molar refractivity (Wildman–Crippen MR) is 145 cm³/mol. The van der Waals surface area contributed by atoms with Crippen LogP contribution in [0.4, 0.5) is 4.39 Å². The van der Waals surface area contributed by atoms with Gasteiger partial charge in [0.2, 0.25) is 23.1 Å². The van der Waals surface area contributed by atoms with Crippen LogP contribution in [0, 0.1) is 5.82 Å². The summed E-state index contributed by atoms with van der Waals surface area (Å²) in [6.45, 7) is 4.75. The highest BCUT2D eigenvalue weighted by molar-refractivity contribution is 5.81. The van der Waals surface area contributed by atoms with Crippen LogP contribution >= 0.6 is 0 Å². The number of halogens is 1. The molecular formula is C34H27FN2+2. The monoisotopic (exact) mass is 482 g/mol. The molecule has 2 unspecified atom stereocenters. The summed E-state index contributed by atoms with van der Waals surface area (Å²) in [5, 5.41) is 0. The SMILES string of the molecule is C=C1C2C(CCc3cc(F)ccc3-c3c(-c4ccccc4)ccc[n+]31)c1ccccc1-c1cccc[n+]12. The van der Waals surface area contributed by atoms with Crippen molar-refractivity contribution in [2.45, 2.75) is 24.8 Å². The maximum Gasteiger partial charge on any atom is 0.249 e. The highest BCUT2D eigenvalue weighted by Gasteiger charge is 2.46. The minimum absolute atomic E-state index is 0.0278. The molecule has 7 rings (SSSR count). The van der Waals surface area contributed by atoms with Gasteiger partial charge in [-0.1, -0.05) is 48.5 Å². The number of rotatable bonds is 1. The Balaban J connectivity index is 1.54. The first-order chi connectivity index (χ1) is 18.2. The number of nitrogens with zero attached hydrogens (tertiary/aromatic N) is 2. The molecule has 2 aromatic heterocycles. The second-order valence-electron chi connectivity index (χ2n) is 9.97. The maximum atomic E-state index is 14.6. The molecule has 0 spiro atoms. The molecule has 0 fully saturated rings. The number of hydrogen-bond donors (Lipinski definition) is 0. The van der Waals surface area contributed by atoms with E-state index in [1.165, 1.54) is 16.8 Å². The van der Waals surface area contributed by atoms with E-state index in [2.05, 4.69) is 100 Å². The van der Waals surface area contributed by atoms with Gasteiger partial charge in [0.25, 0.3) is 0 Å². The fourth-order valence-corrected chi connectivity index (χ4v) is 6.38. The van der Waals surface area contributed by atoms with Crippen LogP contribution in [-0.4, -0.2) is 0 Å². The van der Waals surface area contributed by atoms with Gasteiger partial charge in [-0.3, -0.25) is 0 Å². The van der Waals surface area contributed by atoms with E-state index in [4.69, 9.17) is 6.58 Å². The van der Waals surface area contributed by atoms with Crippen LogP contribution in [0.3, 0.4) is 0 Å². The lowest BCUT2D eigenvalue weighted by atomic mass is 9.78. The van der Waals surface area contributed by atoms with E-state index in [1.807, 2.05) is 12.1 Å². The zero-order chi connectivity index (χ0) is 24.9. The Bertz CT molecular complexity index is 1670. The number of aromatic nitrogens is 2. The quantitative estimate of drug-likeness (QED) is 0.224. The summed E-state index contributed by atoms with van der Waals surface area (Å²) in [6, 6.07) is 35.1. The van der Waals surface area contributed by atoms with Crippen LogP contribution in [-0.2, 0) is 6.42 Å². The molecule has 5 aromatic rings. The van der Waals surface area contributed by atoms with Crippen molar-refractivity contribution in [2.24, 2.45) is 0 Å². The van der Waals surface area contributed by atoms with Crippen molar-refractivity contribution in [2.75, 3.05) is 0 Å². The van der Waals surface area contributed by atoms with E-state index < -0.39 is 0 Å². The van der Waals surface area contributed by atoms with E-state index in [0.717, 1.165) is 46.5 Å². The van der Waals surface area contributed by atoms with E-state index in [-0.39, 0.29) is 17.8 Å². The summed E-state index contributed by atoms with van der Waals surface area (Å²) < 4.78 is 19.3. The van der Waals surface area contributed by atoms with Gasteiger partial charge in [0.1, 0.15) is 5.82 Å². The van der Waals surface area contributed by atoms with Crippen molar-refractivity contribution in [3.8, 4) is 33.6 Å². The van der Waals surface area contributed by atoms with Crippen LogP contribution in [0.25, 0.3) is 39.3 Å². The number of benzene rings is 3. The Morgan fingerprint density at radius 1 is 0.730 bits per heavy atom. The van der Waals surface area contributed by atoms with Crippen molar-refractivity contribution in [1.82, 2.24) is 0 Å². The van der Waals surface area contributed by atoms with Gasteiger partial charge in [0.05, 0.1) is 17.0 Å². The number of aryl methyl sites for hydroxylation is 1. The summed E-state index contributed by atoms with van der Waals surface area (Å²) in [6.07, 6.45) is 5.97. The smallest absolute Gasteiger partial charge is 0.207 e. The summed E-state index contributed by atoms with van der Waals surface area (Å²) >= 11 is 0. The van der Waals surface area contributed by atoms with Crippen LogP contribution in [0.15, 0.2) is 122 Å². The van der Waals surface area contributed by atoms with Gasteiger partial charge in [0.15, 0.2) is 12.4 Å². The zero-order valence-electron chi connectivity index (χ0n) is 20.5. The number of hydrogen-bond acceptors (Lipinski definition) is 0. The van der Waals surface area contributed by atoms with E-state index >= 15 is 0 Å². The standard InChI is InChI=1S/C34H27FN2/c1-23-33-31(29-12-5-6-13-30(29)32-15-7-8-20-37(32)33)18-16-25-22-26(35)17-19-28(25)34-27(14-9-21-36(23)34)24-10-3-2-4-11-24/h2-15,17,19-22,31,33H,1,16,18H2/q+2. The first kappa shape index (κ1) is 21.9. The molecule has 2 aliphatic rings. The minimum atomic E-state index is -0.194. The Labute approximate surface area is 216 Å². The molecule has 0 saturated carbocycles. The Morgan fingerprint density at radius 2 is 1.51 bits per heavy atom. The first-order valence-corrected chi connectivity index (χ1v) is 12.9. The Morgan fingerprint density at radius 3 is 2.41 bits per heavy atom. The van der Waals surface area contributed by atoms with Gasteiger partial charge >= 0.3 is 0 Å². The van der Waals surface area contributed by atoms with Crippen molar-refractivity contribution >= 4 is 5.70 Å². The van der Waals surface area contributed by atoms with E-state index in [9.17, 15) is 4.39 Å². The normalized spacial score (nSPS) is 17.7. The molecule has 3 aromatic carbocycles. The average Bonchev–Trinajstić information content (AvgIpc) is 3.00. The largest absolute Gasteiger partial charge is 0.249 e. The molecule has 0 bridgehead atoms. The molecular weight excluding hydrogens is 455 g/mol. The zero-order valence-corrected chi connectivity index (χ0v) is 20.5. The third-order valence-corrected chi connectivity index (χ3v) is 7.98. The number of pyridine rings is 2. The highest BCUT2D eigenvalue weighted by Crippen LogP contribution is 2.45. The minimum Gasteiger partial charge on any atom is -0.207 e. The molecule has 0 N–H and O–H groups in total. The molecule has 0 aliphatic carbocycles. The molecule has 2 atom stereocenters. The molecule has 2 aliphatic heterocycles.